The summed E-state index contributed by atoms with van der Waals surface area (Å²) in [4.78, 5) is 6.21. The van der Waals surface area contributed by atoms with E-state index in [9.17, 15) is 5.11 Å². The lowest BCUT2D eigenvalue weighted by Crippen LogP contribution is -2.28. The summed E-state index contributed by atoms with van der Waals surface area (Å²) >= 11 is 12.2. The standard InChI is InChI=1S/C12H19Cl2N3O/c1-4-5-15-11-9(13)6-10(14)12(16-11)17(3)7-8(2)18/h6,8,18H,4-5,7H2,1-3H3,(H,15,16). The van der Waals surface area contributed by atoms with E-state index in [0.29, 0.717) is 28.2 Å². The van der Waals surface area contributed by atoms with Crippen molar-refractivity contribution in [2.75, 3.05) is 30.4 Å². The topological polar surface area (TPSA) is 48.4 Å². The fraction of sp³-hybridized carbons (Fsp3) is 0.583. The van der Waals surface area contributed by atoms with Crippen molar-refractivity contribution in [2.24, 2.45) is 0 Å². The molecule has 1 heterocycles. The van der Waals surface area contributed by atoms with E-state index in [0.717, 1.165) is 13.0 Å². The fourth-order valence-electron chi connectivity index (χ4n) is 1.57. The SMILES string of the molecule is CCCNc1nc(N(C)CC(C)O)c(Cl)cc1Cl. The number of halogens is 2. The van der Waals surface area contributed by atoms with Gasteiger partial charge in [0, 0.05) is 20.1 Å². The minimum atomic E-state index is -0.449. The van der Waals surface area contributed by atoms with E-state index in [-0.39, 0.29) is 0 Å². The largest absolute Gasteiger partial charge is 0.392 e. The number of nitrogens with zero attached hydrogens (tertiary/aromatic N) is 2. The molecule has 1 rings (SSSR count). The maximum Gasteiger partial charge on any atom is 0.149 e. The van der Waals surface area contributed by atoms with Crippen LogP contribution in [0.15, 0.2) is 6.07 Å². The lowest BCUT2D eigenvalue weighted by Gasteiger charge is -2.22. The Labute approximate surface area is 118 Å². The third kappa shape index (κ3) is 4.19. The van der Waals surface area contributed by atoms with Gasteiger partial charge < -0.3 is 15.3 Å². The van der Waals surface area contributed by atoms with Crippen LogP contribution >= 0.6 is 23.2 Å². The average Bonchev–Trinajstić information content (AvgIpc) is 2.26. The Morgan fingerprint density at radius 3 is 2.67 bits per heavy atom. The number of anilines is 2. The molecule has 0 aliphatic heterocycles. The normalized spacial score (nSPS) is 12.3. The van der Waals surface area contributed by atoms with Crippen LogP contribution in [-0.2, 0) is 0 Å². The van der Waals surface area contributed by atoms with Crippen molar-refractivity contribution in [2.45, 2.75) is 26.4 Å². The third-order valence-corrected chi connectivity index (χ3v) is 2.92. The highest BCUT2D eigenvalue weighted by Crippen LogP contribution is 2.31. The van der Waals surface area contributed by atoms with Crippen LogP contribution in [0.5, 0.6) is 0 Å². The second kappa shape index (κ2) is 7.02. The van der Waals surface area contributed by atoms with Gasteiger partial charge in [-0.2, -0.15) is 0 Å². The maximum atomic E-state index is 9.39. The Morgan fingerprint density at radius 1 is 1.44 bits per heavy atom. The van der Waals surface area contributed by atoms with E-state index < -0.39 is 6.10 Å². The lowest BCUT2D eigenvalue weighted by molar-refractivity contribution is 0.201. The first-order valence-electron chi connectivity index (χ1n) is 5.94. The van der Waals surface area contributed by atoms with Gasteiger partial charge in [0.15, 0.2) is 0 Å². The molecule has 1 aromatic heterocycles. The number of nitrogens with one attached hydrogen (secondary N) is 1. The van der Waals surface area contributed by atoms with Gasteiger partial charge in [-0.25, -0.2) is 4.98 Å². The van der Waals surface area contributed by atoms with E-state index in [4.69, 9.17) is 23.2 Å². The van der Waals surface area contributed by atoms with Crippen LogP contribution in [-0.4, -0.2) is 36.3 Å². The van der Waals surface area contributed by atoms with Crippen molar-refractivity contribution >= 4 is 34.8 Å². The third-order valence-electron chi connectivity index (χ3n) is 2.35. The summed E-state index contributed by atoms with van der Waals surface area (Å²) in [6.07, 6.45) is 0.537. The number of pyridine rings is 1. The van der Waals surface area contributed by atoms with Crippen molar-refractivity contribution in [3.8, 4) is 0 Å². The fourth-order valence-corrected chi connectivity index (χ4v) is 2.14. The van der Waals surface area contributed by atoms with Gasteiger partial charge in [-0.05, 0) is 19.4 Å². The predicted molar refractivity (Wildman–Crippen MR) is 78.0 cm³/mol. The summed E-state index contributed by atoms with van der Waals surface area (Å²) in [6.45, 7) is 5.04. The number of aromatic nitrogens is 1. The summed E-state index contributed by atoms with van der Waals surface area (Å²) in [6, 6.07) is 1.67. The molecule has 18 heavy (non-hydrogen) atoms. The lowest BCUT2D eigenvalue weighted by atomic mass is 10.3. The molecule has 1 atom stereocenters. The Balaban J connectivity index is 2.96. The van der Waals surface area contributed by atoms with Gasteiger partial charge in [0.05, 0.1) is 16.1 Å². The van der Waals surface area contributed by atoms with Gasteiger partial charge in [0.25, 0.3) is 0 Å². The van der Waals surface area contributed by atoms with E-state index in [1.54, 1.807) is 17.9 Å². The van der Waals surface area contributed by atoms with E-state index >= 15 is 0 Å². The maximum absolute atomic E-state index is 9.39. The summed E-state index contributed by atoms with van der Waals surface area (Å²) < 4.78 is 0. The number of hydrogen-bond donors (Lipinski definition) is 2. The van der Waals surface area contributed by atoms with Crippen molar-refractivity contribution in [1.82, 2.24) is 4.98 Å². The smallest absolute Gasteiger partial charge is 0.149 e. The molecule has 0 saturated carbocycles. The summed E-state index contributed by atoms with van der Waals surface area (Å²) in [7, 11) is 1.83. The Bertz CT molecular complexity index is 399. The number of rotatable bonds is 6. The van der Waals surface area contributed by atoms with Crippen molar-refractivity contribution in [3.05, 3.63) is 16.1 Å². The molecule has 1 aromatic rings. The predicted octanol–water partition coefficient (Wildman–Crippen LogP) is 3.03. The summed E-state index contributed by atoms with van der Waals surface area (Å²) in [5, 5.41) is 13.5. The summed E-state index contributed by atoms with van der Waals surface area (Å²) in [5.74, 6) is 1.23. The Morgan fingerprint density at radius 2 is 2.11 bits per heavy atom. The molecule has 0 amide bonds. The van der Waals surface area contributed by atoms with Crippen LogP contribution in [0, 0.1) is 0 Å². The van der Waals surface area contributed by atoms with Crippen molar-refractivity contribution < 1.29 is 5.11 Å². The second-order valence-corrected chi connectivity index (χ2v) is 5.09. The second-order valence-electron chi connectivity index (χ2n) is 4.28. The van der Waals surface area contributed by atoms with Crippen LogP contribution in [0.3, 0.4) is 0 Å². The molecule has 102 valence electrons. The zero-order chi connectivity index (χ0) is 13.7. The average molecular weight is 292 g/mol. The van der Waals surface area contributed by atoms with Gasteiger partial charge >= 0.3 is 0 Å². The zero-order valence-corrected chi connectivity index (χ0v) is 12.4. The Hall–Kier alpha value is -0.710. The van der Waals surface area contributed by atoms with Crippen LogP contribution < -0.4 is 10.2 Å². The first-order chi connectivity index (χ1) is 8.45. The van der Waals surface area contributed by atoms with Crippen LogP contribution in [0.4, 0.5) is 11.6 Å². The number of likely N-dealkylation sites (N-methyl/N-ethyl adjacent to an activating group) is 1. The zero-order valence-electron chi connectivity index (χ0n) is 10.9. The molecule has 2 N–H and O–H groups in total. The minimum Gasteiger partial charge on any atom is -0.392 e. The van der Waals surface area contributed by atoms with E-state index in [2.05, 4.69) is 17.2 Å². The molecular weight excluding hydrogens is 273 g/mol. The molecule has 0 spiro atoms. The molecule has 1 unspecified atom stereocenters. The number of aliphatic hydroxyl groups excluding tert-OH is 1. The molecule has 0 aliphatic carbocycles. The van der Waals surface area contributed by atoms with E-state index in [1.807, 2.05) is 7.05 Å². The quantitative estimate of drug-likeness (QED) is 0.846. The van der Waals surface area contributed by atoms with Crippen LogP contribution in [0.1, 0.15) is 20.3 Å². The number of hydrogen-bond acceptors (Lipinski definition) is 4. The minimum absolute atomic E-state index is 0.449. The molecular formula is C12H19Cl2N3O. The molecule has 4 nitrogen and oxygen atoms in total. The molecule has 0 saturated heterocycles. The monoisotopic (exact) mass is 291 g/mol. The van der Waals surface area contributed by atoms with Gasteiger partial charge in [0.1, 0.15) is 11.6 Å². The first-order valence-corrected chi connectivity index (χ1v) is 6.70. The molecule has 0 radical (unpaired) electrons. The molecule has 0 aliphatic rings. The van der Waals surface area contributed by atoms with Gasteiger partial charge in [0.2, 0.25) is 0 Å². The summed E-state index contributed by atoms with van der Waals surface area (Å²) in [5.41, 5.74) is 0. The molecule has 0 fully saturated rings. The van der Waals surface area contributed by atoms with Crippen LogP contribution in [0.2, 0.25) is 10.0 Å². The van der Waals surface area contributed by atoms with Crippen molar-refractivity contribution in [3.63, 3.8) is 0 Å². The van der Waals surface area contributed by atoms with Gasteiger partial charge in [-0.1, -0.05) is 30.1 Å². The van der Waals surface area contributed by atoms with E-state index in [1.165, 1.54) is 0 Å². The Kier molecular flexibility index (Phi) is 5.99. The highest BCUT2D eigenvalue weighted by Gasteiger charge is 2.13. The van der Waals surface area contributed by atoms with Crippen LogP contribution in [0.25, 0.3) is 0 Å². The van der Waals surface area contributed by atoms with Gasteiger partial charge in [-0.3, -0.25) is 0 Å². The first kappa shape index (κ1) is 15.3. The van der Waals surface area contributed by atoms with Gasteiger partial charge in [-0.15, -0.1) is 0 Å². The van der Waals surface area contributed by atoms with Crippen molar-refractivity contribution in [1.29, 1.82) is 0 Å². The molecule has 0 aromatic carbocycles. The highest BCUT2D eigenvalue weighted by molar-refractivity contribution is 6.37. The highest BCUT2D eigenvalue weighted by atomic mass is 35.5. The molecule has 0 bridgehead atoms. The number of aliphatic hydroxyl groups is 1. The molecule has 6 heteroatoms.